The van der Waals surface area contributed by atoms with Gasteiger partial charge in [-0.25, -0.2) is 0 Å². The Labute approximate surface area is 85.1 Å². The number of rotatable bonds is 3. The van der Waals surface area contributed by atoms with Crippen LogP contribution in [0.4, 0.5) is 0 Å². The zero-order chi connectivity index (χ0) is 9.84. The number of aromatic nitrogens is 1. The maximum absolute atomic E-state index is 6.12. The smallest absolute Gasteiger partial charge is 0.0650 e. The van der Waals surface area contributed by atoms with E-state index in [-0.39, 0.29) is 0 Å². The van der Waals surface area contributed by atoms with E-state index in [0.717, 1.165) is 17.1 Å². The fraction of sp³-hybridized carbons (Fsp3) is 0.455. The molecule has 1 heterocycles. The van der Waals surface area contributed by atoms with Gasteiger partial charge in [-0.2, -0.15) is 0 Å². The van der Waals surface area contributed by atoms with Gasteiger partial charge in [-0.1, -0.05) is 25.4 Å². The van der Waals surface area contributed by atoms with E-state index < -0.39 is 0 Å². The monoisotopic (exact) mass is 196 g/mol. The second-order valence-corrected chi connectivity index (χ2v) is 3.76. The van der Waals surface area contributed by atoms with E-state index in [2.05, 4.69) is 25.3 Å². The lowest BCUT2D eigenvalue weighted by Crippen LogP contribution is -2.00. The molecule has 71 valence electrons. The third-order valence-corrected chi connectivity index (χ3v) is 2.77. The first kappa shape index (κ1) is 10.5. The molecule has 0 aromatic carbocycles. The van der Waals surface area contributed by atoms with E-state index in [1.165, 1.54) is 5.56 Å². The molecule has 0 spiro atoms. The molecule has 1 unspecified atom stereocenters. The summed E-state index contributed by atoms with van der Waals surface area (Å²) in [7, 11) is 0. The van der Waals surface area contributed by atoms with Crippen molar-refractivity contribution in [2.24, 2.45) is 5.92 Å². The summed E-state index contributed by atoms with van der Waals surface area (Å²) >= 11 is 6.12. The number of nitrogens with zero attached hydrogens (tertiary/aromatic N) is 1. The van der Waals surface area contributed by atoms with Gasteiger partial charge in [0.15, 0.2) is 0 Å². The van der Waals surface area contributed by atoms with Gasteiger partial charge in [0.1, 0.15) is 0 Å². The van der Waals surface area contributed by atoms with E-state index in [9.17, 15) is 0 Å². The minimum Gasteiger partial charge on any atom is -0.260 e. The summed E-state index contributed by atoms with van der Waals surface area (Å²) in [6.07, 6.45) is 5.00. The SMILES string of the molecule is C[CH]C(C)Cc1ccnc(C)c1Cl. The van der Waals surface area contributed by atoms with Crippen molar-refractivity contribution in [2.45, 2.75) is 27.2 Å². The van der Waals surface area contributed by atoms with E-state index in [4.69, 9.17) is 11.6 Å². The third-order valence-electron chi connectivity index (χ3n) is 2.25. The van der Waals surface area contributed by atoms with Crippen LogP contribution >= 0.6 is 11.6 Å². The maximum atomic E-state index is 6.12. The van der Waals surface area contributed by atoms with Gasteiger partial charge in [-0.3, -0.25) is 4.98 Å². The van der Waals surface area contributed by atoms with Crippen molar-refractivity contribution in [1.29, 1.82) is 0 Å². The number of pyridine rings is 1. The number of halogens is 1. The Morgan fingerprint density at radius 2 is 2.31 bits per heavy atom. The van der Waals surface area contributed by atoms with Crippen molar-refractivity contribution in [3.8, 4) is 0 Å². The van der Waals surface area contributed by atoms with Gasteiger partial charge < -0.3 is 0 Å². The van der Waals surface area contributed by atoms with Crippen molar-refractivity contribution in [3.05, 3.63) is 35.0 Å². The molecule has 0 saturated carbocycles. The molecule has 0 fully saturated rings. The highest BCUT2D eigenvalue weighted by Crippen LogP contribution is 2.21. The fourth-order valence-corrected chi connectivity index (χ4v) is 1.41. The Hall–Kier alpha value is -0.560. The van der Waals surface area contributed by atoms with Crippen LogP contribution in [-0.2, 0) is 6.42 Å². The lowest BCUT2D eigenvalue weighted by Gasteiger charge is -2.10. The van der Waals surface area contributed by atoms with Gasteiger partial charge >= 0.3 is 0 Å². The van der Waals surface area contributed by atoms with E-state index in [1.54, 1.807) is 0 Å². The van der Waals surface area contributed by atoms with Crippen LogP contribution in [0.25, 0.3) is 0 Å². The van der Waals surface area contributed by atoms with Crippen molar-refractivity contribution < 1.29 is 0 Å². The van der Waals surface area contributed by atoms with E-state index in [0.29, 0.717) is 5.92 Å². The predicted octanol–water partition coefficient (Wildman–Crippen LogP) is 3.45. The Bertz CT molecular complexity index is 283. The Morgan fingerprint density at radius 3 is 2.92 bits per heavy atom. The third kappa shape index (κ3) is 2.70. The molecule has 0 saturated heterocycles. The molecule has 0 bridgehead atoms. The van der Waals surface area contributed by atoms with Crippen molar-refractivity contribution in [1.82, 2.24) is 4.98 Å². The summed E-state index contributed by atoms with van der Waals surface area (Å²) < 4.78 is 0. The van der Waals surface area contributed by atoms with E-state index in [1.807, 2.05) is 19.2 Å². The fourth-order valence-electron chi connectivity index (χ4n) is 1.22. The zero-order valence-corrected chi connectivity index (χ0v) is 9.10. The first-order valence-corrected chi connectivity index (χ1v) is 4.92. The molecule has 2 heteroatoms. The summed E-state index contributed by atoms with van der Waals surface area (Å²) in [5.74, 6) is 0.569. The van der Waals surface area contributed by atoms with Crippen molar-refractivity contribution in [2.75, 3.05) is 0 Å². The molecule has 1 radical (unpaired) electrons. The Morgan fingerprint density at radius 1 is 1.62 bits per heavy atom. The van der Waals surface area contributed by atoms with Crippen LogP contribution in [0.1, 0.15) is 25.1 Å². The van der Waals surface area contributed by atoms with Crippen LogP contribution in [0.15, 0.2) is 12.3 Å². The van der Waals surface area contributed by atoms with Crippen LogP contribution < -0.4 is 0 Å². The quantitative estimate of drug-likeness (QED) is 0.722. The van der Waals surface area contributed by atoms with Gasteiger partial charge in [0, 0.05) is 6.20 Å². The lowest BCUT2D eigenvalue weighted by molar-refractivity contribution is 0.669. The lowest BCUT2D eigenvalue weighted by atomic mass is 9.99. The highest BCUT2D eigenvalue weighted by molar-refractivity contribution is 6.31. The second-order valence-electron chi connectivity index (χ2n) is 3.38. The topological polar surface area (TPSA) is 12.9 Å². The van der Waals surface area contributed by atoms with Crippen LogP contribution in [0.2, 0.25) is 5.02 Å². The van der Waals surface area contributed by atoms with Gasteiger partial charge in [0.05, 0.1) is 10.7 Å². The average molecular weight is 197 g/mol. The Balaban J connectivity index is 2.83. The highest BCUT2D eigenvalue weighted by atomic mass is 35.5. The second kappa shape index (κ2) is 4.61. The molecule has 0 N–H and O–H groups in total. The Kier molecular flexibility index (Phi) is 3.73. The minimum absolute atomic E-state index is 0.569. The molecule has 1 rings (SSSR count). The summed E-state index contributed by atoms with van der Waals surface area (Å²) in [5, 5.41) is 0.816. The minimum atomic E-state index is 0.569. The summed E-state index contributed by atoms with van der Waals surface area (Å²) in [6, 6.07) is 2.00. The molecule has 1 atom stereocenters. The van der Waals surface area contributed by atoms with Gasteiger partial charge in [0.25, 0.3) is 0 Å². The first-order valence-electron chi connectivity index (χ1n) is 4.54. The number of hydrogen-bond donors (Lipinski definition) is 0. The van der Waals surface area contributed by atoms with Crippen molar-refractivity contribution in [3.63, 3.8) is 0 Å². The normalized spacial score (nSPS) is 12.9. The van der Waals surface area contributed by atoms with Gasteiger partial charge in [-0.05, 0) is 37.3 Å². The summed E-state index contributed by atoms with van der Waals surface area (Å²) in [4.78, 5) is 4.13. The van der Waals surface area contributed by atoms with Crippen molar-refractivity contribution >= 4 is 11.6 Å². The molecule has 1 aromatic rings. The molecule has 0 amide bonds. The molecule has 0 aliphatic carbocycles. The molecule has 0 aliphatic rings. The number of aryl methyl sites for hydroxylation is 1. The van der Waals surface area contributed by atoms with Gasteiger partial charge in [0.2, 0.25) is 0 Å². The number of hydrogen-bond acceptors (Lipinski definition) is 1. The predicted molar refractivity (Wildman–Crippen MR) is 56.8 cm³/mol. The molecular formula is C11H15ClN. The molecule has 0 aliphatic heterocycles. The standard InChI is InChI=1S/C11H15ClN/c1-4-8(2)7-10-5-6-13-9(3)11(10)12/h4-6,8H,7H2,1-3H3. The maximum Gasteiger partial charge on any atom is 0.0650 e. The highest BCUT2D eigenvalue weighted by Gasteiger charge is 2.07. The van der Waals surface area contributed by atoms with Crippen LogP contribution in [0, 0.1) is 19.3 Å². The molecule has 1 aromatic heterocycles. The zero-order valence-electron chi connectivity index (χ0n) is 8.34. The van der Waals surface area contributed by atoms with E-state index >= 15 is 0 Å². The molecular weight excluding hydrogens is 182 g/mol. The largest absolute Gasteiger partial charge is 0.260 e. The van der Waals surface area contributed by atoms with Crippen LogP contribution in [0.3, 0.4) is 0 Å². The first-order chi connectivity index (χ1) is 6.15. The van der Waals surface area contributed by atoms with Crippen LogP contribution in [-0.4, -0.2) is 4.98 Å². The average Bonchev–Trinajstić information content (AvgIpc) is 2.13. The molecule has 13 heavy (non-hydrogen) atoms. The summed E-state index contributed by atoms with van der Waals surface area (Å²) in [6.45, 7) is 6.20. The summed E-state index contributed by atoms with van der Waals surface area (Å²) in [5.41, 5.74) is 2.11. The molecule has 1 nitrogen and oxygen atoms in total. The van der Waals surface area contributed by atoms with Crippen LogP contribution in [0.5, 0.6) is 0 Å². The van der Waals surface area contributed by atoms with Gasteiger partial charge in [-0.15, -0.1) is 0 Å².